The molecule has 1 aliphatic rings. The second-order valence-electron chi connectivity index (χ2n) is 8.02. The third-order valence-corrected chi connectivity index (χ3v) is 4.70. The molecule has 0 atom stereocenters. The van der Waals surface area contributed by atoms with Crippen LogP contribution in [0, 0.1) is 0 Å². The van der Waals surface area contributed by atoms with E-state index in [9.17, 15) is 4.79 Å². The van der Waals surface area contributed by atoms with Crippen LogP contribution in [-0.2, 0) is 24.2 Å². The predicted molar refractivity (Wildman–Crippen MR) is 111 cm³/mol. The summed E-state index contributed by atoms with van der Waals surface area (Å²) in [5.74, 6) is 2.26. The fourth-order valence-corrected chi connectivity index (χ4v) is 3.20. The van der Waals surface area contributed by atoms with Crippen molar-refractivity contribution in [1.82, 2.24) is 9.88 Å². The van der Waals surface area contributed by atoms with Crippen molar-refractivity contribution in [3.63, 3.8) is 0 Å². The summed E-state index contributed by atoms with van der Waals surface area (Å²) >= 11 is 0. The Morgan fingerprint density at radius 1 is 1.17 bits per heavy atom. The van der Waals surface area contributed by atoms with E-state index in [4.69, 9.17) is 14.2 Å². The summed E-state index contributed by atoms with van der Waals surface area (Å²) in [5, 5.41) is 3.34. The van der Waals surface area contributed by atoms with Crippen molar-refractivity contribution < 1.29 is 19.0 Å². The highest BCUT2D eigenvalue weighted by molar-refractivity contribution is 5.68. The van der Waals surface area contributed by atoms with Crippen LogP contribution in [0.5, 0.6) is 11.5 Å². The number of amides is 1. The van der Waals surface area contributed by atoms with Gasteiger partial charge in [0.25, 0.3) is 0 Å². The van der Waals surface area contributed by atoms with Gasteiger partial charge in [0.2, 0.25) is 0 Å². The highest BCUT2D eigenvalue weighted by atomic mass is 16.6. The van der Waals surface area contributed by atoms with Crippen LogP contribution in [0.25, 0.3) is 0 Å². The molecule has 0 aliphatic carbocycles. The smallest absolute Gasteiger partial charge is 0.410 e. The molecule has 0 spiro atoms. The van der Waals surface area contributed by atoms with Gasteiger partial charge in [0, 0.05) is 37.5 Å². The lowest BCUT2D eigenvalue weighted by Crippen LogP contribution is -2.39. The standard InChI is InChI=1S/C22H29N3O4/c1-22(2,3)29-21(26)25-9-8-15-12-23-20(10-17(15)14-25)24-13-16-6-7-18(27-4)11-19(16)28-5/h6-7,10-12H,8-9,13-14H2,1-5H3,(H,23,24). The molecule has 7 heteroatoms. The molecule has 3 rings (SSSR count). The topological polar surface area (TPSA) is 72.9 Å². The van der Waals surface area contributed by atoms with Gasteiger partial charge in [-0.2, -0.15) is 0 Å². The average Bonchev–Trinajstić information content (AvgIpc) is 2.70. The van der Waals surface area contributed by atoms with Gasteiger partial charge >= 0.3 is 6.09 Å². The van der Waals surface area contributed by atoms with Gasteiger partial charge in [-0.05, 0) is 56.5 Å². The Kier molecular flexibility index (Phi) is 6.15. The van der Waals surface area contributed by atoms with Crippen LogP contribution in [0.2, 0.25) is 0 Å². The Hall–Kier alpha value is -2.96. The van der Waals surface area contributed by atoms with Crippen molar-refractivity contribution in [1.29, 1.82) is 0 Å². The first-order valence-electron chi connectivity index (χ1n) is 9.69. The van der Waals surface area contributed by atoms with Gasteiger partial charge in [-0.25, -0.2) is 9.78 Å². The summed E-state index contributed by atoms with van der Waals surface area (Å²) in [6.07, 6.45) is 2.38. The van der Waals surface area contributed by atoms with Crippen molar-refractivity contribution >= 4 is 11.9 Å². The molecule has 156 valence electrons. The molecule has 2 aromatic rings. The number of anilines is 1. The monoisotopic (exact) mass is 399 g/mol. The fraction of sp³-hybridized carbons (Fsp3) is 0.455. The third kappa shape index (κ3) is 5.31. The molecular formula is C22H29N3O4. The van der Waals surface area contributed by atoms with E-state index in [2.05, 4.69) is 10.3 Å². The molecular weight excluding hydrogens is 370 g/mol. The molecule has 1 aromatic heterocycles. The lowest BCUT2D eigenvalue weighted by Gasteiger charge is -2.31. The minimum absolute atomic E-state index is 0.280. The van der Waals surface area contributed by atoms with Gasteiger partial charge in [0.05, 0.1) is 14.2 Å². The highest BCUT2D eigenvalue weighted by Crippen LogP contribution is 2.26. The number of carbonyl (C=O) groups is 1. The number of hydrogen-bond donors (Lipinski definition) is 1. The number of ether oxygens (including phenoxy) is 3. The van der Waals surface area contributed by atoms with E-state index in [0.29, 0.717) is 19.6 Å². The molecule has 29 heavy (non-hydrogen) atoms. The fourth-order valence-electron chi connectivity index (χ4n) is 3.20. The highest BCUT2D eigenvalue weighted by Gasteiger charge is 2.26. The maximum Gasteiger partial charge on any atom is 0.410 e. The molecule has 1 aliphatic heterocycles. The number of nitrogens with one attached hydrogen (secondary N) is 1. The van der Waals surface area contributed by atoms with Crippen LogP contribution in [0.1, 0.15) is 37.5 Å². The summed E-state index contributed by atoms with van der Waals surface area (Å²) in [7, 11) is 3.27. The lowest BCUT2D eigenvalue weighted by molar-refractivity contribution is 0.0224. The minimum Gasteiger partial charge on any atom is -0.497 e. The van der Waals surface area contributed by atoms with Crippen LogP contribution < -0.4 is 14.8 Å². The number of carbonyl (C=O) groups excluding carboxylic acids is 1. The minimum atomic E-state index is -0.500. The Labute approximate surface area is 172 Å². The summed E-state index contributed by atoms with van der Waals surface area (Å²) in [5.41, 5.74) is 2.75. The third-order valence-electron chi connectivity index (χ3n) is 4.70. The number of fused-ring (bicyclic) bond motifs is 1. The van der Waals surface area contributed by atoms with Crippen molar-refractivity contribution in [2.24, 2.45) is 0 Å². The van der Waals surface area contributed by atoms with Crippen LogP contribution in [0.4, 0.5) is 10.6 Å². The summed E-state index contributed by atoms with van der Waals surface area (Å²) in [6.45, 7) is 7.36. The van der Waals surface area contributed by atoms with Crippen LogP contribution in [0.3, 0.4) is 0 Å². The lowest BCUT2D eigenvalue weighted by atomic mass is 10.0. The molecule has 0 fully saturated rings. The van der Waals surface area contributed by atoms with Crippen LogP contribution in [0.15, 0.2) is 30.5 Å². The number of rotatable bonds is 5. The van der Waals surface area contributed by atoms with E-state index in [0.717, 1.165) is 40.4 Å². The Morgan fingerprint density at radius 3 is 2.66 bits per heavy atom. The van der Waals surface area contributed by atoms with E-state index >= 15 is 0 Å². The number of hydrogen-bond acceptors (Lipinski definition) is 6. The number of methoxy groups -OCH3 is 2. The maximum absolute atomic E-state index is 12.4. The van der Waals surface area contributed by atoms with E-state index in [1.165, 1.54) is 0 Å². The summed E-state index contributed by atoms with van der Waals surface area (Å²) < 4.78 is 16.2. The van der Waals surface area contributed by atoms with E-state index < -0.39 is 5.60 Å². The molecule has 0 unspecified atom stereocenters. The van der Waals surface area contributed by atoms with E-state index in [-0.39, 0.29) is 6.09 Å². The van der Waals surface area contributed by atoms with Gasteiger partial charge in [-0.15, -0.1) is 0 Å². The second kappa shape index (κ2) is 8.59. The van der Waals surface area contributed by atoms with Crippen LogP contribution >= 0.6 is 0 Å². The zero-order chi connectivity index (χ0) is 21.0. The molecule has 0 bridgehead atoms. The normalized spacial score (nSPS) is 13.5. The number of aromatic nitrogens is 1. The van der Waals surface area contributed by atoms with Crippen molar-refractivity contribution in [2.45, 2.75) is 45.9 Å². The Bertz CT molecular complexity index is 877. The molecule has 2 heterocycles. The van der Waals surface area contributed by atoms with Gasteiger partial charge < -0.3 is 24.4 Å². The van der Waals surface area contributed by atoms with Crippen molar-refractivity contribution in [3.05, 3.63) is 47.2 Å². The van der Waals surface area contributed by atoms with Crippen molar-refractivity contribution in [2.75, 3.05) is 26.1 Å². The first-order valence-corrected chi connectivity index (χ1v) is 9.69. The van der Waals surface area contributed by atoms with Gasteiger partial charge in [0.1, 0.15) is 22.9 Å². The zero-order valence-corrected chi connectivity index (χ0v) is 17.7. The molecule has 7 nitrogen and oxygen atoms in total. The maximum atomic E-state index is 12.4. The second-order valence-corrected chi connectivity index (χ2v) is 8.02. The Balaban J connectivity index is 1.68. The molecule has 0 saturated heterocycles. The van der Waals surface area contributed by atoms with Crippen molar-refractivity contribution in [3.8, 4) is 11.5 Å². The van der Waals surface area contributed by atoms with Gasteiger partial charge in [-0.3, -0.25) is 0 Å². The molecule has 0 radical (unpaired) electrons. The summed E-state index contributed by atoms with van der Waals surface area (Å²) in [4.78, 5) is 18.6. The van der Waals surface area contributed by atoms with Crippen LogP contribution in [-0.4, -0.2) is 42.3 Å². The van der Waals surface area contributed by atoms with E-state index in [1.54, 1.807) is 19.1 Å². The number of nitrogens with zero attached hydrogens (tertiary/aromatic N) is 2. The van der Waals surface area contributed by atoms with Gasteiger partial charge in [-0.1, -0.05) is 0 Å². The Morgan fingerprint density at radius 2 is 1.97 bits per heavy atom. The molecule has 1 amide bonds. The first-order chi connectivity index (χ1) is 13.8. The number of pyridine rings is 1. The number of benzene rings is 1. The van der Waals surface area contributed by atoms with Gasteiger partial charge in [0.15, 0.2) is 0 Å². The first kappa shape index (κ1) is 20.8. The van der Waals surface area contributed by atoms with E-state index in [1.807, 2.05) is 51.2 Å². The largest absolute Gasteiger partial charge is 0.497 e. The molecule has 0 saturated carbocycles. The predicted octanol–water partition coefficient (Wildman–Crippen LogP) is 4.00. The molecule has 1 aromatic carbocycles. The SMILES string of the molecule is COc1ccc(CNc2cc3c(cn2)CCN(C(=O)OC(C)(C)C)C3)c(OC)c1. The summed E-state index contributed by atoms with van der Waals surface area (Å²) in [6, 6.07) is 7.73. The molecule has 1 N–H and O–H groups in total. The quantitative estimate of drug-likeness (QED) is 0.819. The zero-order valence-electron chi connectivity index (χ0n) is 17.7. The average molecular weight is 399 g/mol.